The van der Waals surface area contributed by atoms with Crippen LogP contribution in [0.3, 0.4) is 0 Å². The molecule has 0 radical (unpaired) electrons. The molecular formula is C17H10Cl2F3N3OS. The Morgan fingerprint density at radius 1 is 1.11 bits per heavy atom. The van der Waals surface area contributed by atoms with E-state index < -0.39 is 27.6 Å². The van der Waals surface area contributed by atoms with Crippen LogP contribution in [0.2, 0.25) is 10.0 Å². The van der Waals surface area contributed by atoms with Crippen molar-refractivity contribution in [3.63, 3.8) is 0 Å². The second-order valence-corrected chi connectivity index (χ2v) is 7.18. The predicted molar refractivity (Wildman–Crippen MR) is 101 cm³/mol. The van der Waals surface area contributed by atoms with E-state index in [1.54, 1.807) is 12.1 Å². The minimum atomic E-state index is -4.63. The molecule has 1 heterocycles. The zero-order chi connectivity index (χ0) is 19.8. The van der Waals surface area contributed by atoms with Crippen LogP contribution < -0.4 is 11.1 Å². The number of alkyl halides is 3. The van der Waals surface area contributed by atoms with Crippen molar-refractivity contribution in [1.82, 2.24) is 4.98 Å². The maximum Gasteiger partial charge on any atom is 0.416 e. The Morgan fingerprint density at radius 2 is 1.70 bits per heavy atom. The largest absolute Gasteiger partial charge is 0.416 e. The van der Waals surface area contributed by atoms with Crippen LogP contribution in [0.4, 0.5) is 29.8 Å². The van der Waals surface area contributed by atoms with Crippen molar-refractivity contribution in [3.8, 4) is 0 Å². The van der Waals surface area contributed by atoms with Crippen molar-refractivity contribution in [2.24, 2.45) is 0 Å². The maximum atomic E-state index is 12.8. The van der Waals surface area contributed by atoms with E-state index in [2.05, 4.69) is 10.3 Å². The summed E-state index contributed by atoms with van der Waals surface area (Å²) in [5.74, 6) is -0.773. The first-order valence-electron chi connectivity index (χ1n) is 7.36. The van der Waals surface area contributed by atoms with E-state index in [-0.39, 0.29) is 16.3 Å². The van der Waals surface area contributed by atoms with Gasteiger partial charge in [0.25, 0.3) is 0 Å². The standard InChI is InChI=1S/C17H10Cl2F3N3OS/c18-10-6-8(17(20,21)22)7-11(19)12(10)13(26)14-15(23)25-16(27-14)24-9-4-2-1-3-5-9/h1-7H,23H2,(H,24,25). The Bertz CT molecular complexity index is 983. The van der Waals surface area contributed by atoms with Gasteiger partial charge in [-0.1, -0.05) is 52.7 Å². The summed E-state index contributed by atoms with van der Waals surface area (Å²) < 4.78 is 38.5. The molecule has 0 spiro atoms. The highest BCUT2D eigenvalue weighted by Crippen LogP contribution is 2.38. The summed E-state index contributed by atoms with van der Waals surface area (Å²) >= 11 is 12.7. The van der Waals surface area contributed by atoms with Crippen molar-refractivity contribution in [1.29, 1.82) is 0 Å². The molecule has 3 N–H and O–H groups in total. The second-order valence-electron chi connectivity index (χ2n) is 5.37. The smallest absolute Gasteiger partial charge is 0.382 e. The number of nitrogens with one attached hydrogen (secondary N) is 1. The Hall–Kier alpha value is -2.29. The van der Waals surface area contributed by atoms with Gasteiger partial charge < -0.3 is 11.1 Å². The lowest BCUT2D eigenvalue weighted by Gasteiger charge is -2.11. The van der Waals surface area contributed by atoms with Gasteiger partial charge in [0.15, 0.2) is 5.13 Å². The Kier molecular flexibility index (Phi) is 5.32. The van der Waals surface area contributed by atoms with Crippen LogP contribution >= 0.6 is 34.5 Å². The molecule has 3 aromatic rings. The van der Waals surface area contributed by atoms with Crippen molar-refractivity contribution in [3.05, 3.63) is 68.5 Å². The number of hydrogen-bond acceptors (Lipinski definition) is 5. The summed E-state index contributed by atoms with van der Waals surface area (Å²) in [4.78, 5) is 16.8. The van der Waals surface area contributed by atoms with Gasteiger partial charge in [-0.05, 0) is 24.3 Å². The molecule has 0 aliphatic carbocycles. The summed E-state index contributed by atoms with van der Waals surface area (Å²) in [5.41, 5.74) is 5.24. The van der Waals surface area contributed by atoms with E-state index in [4.69, 9.17) is 28.9 Å². The van der Waals surface area contributed by atoms with E-state index in [0.717, 1.165) is 17.0 Å². The van der Waals surface area contributed by atoms with Gasteiger partial charge >= 0.3 is 6.18 Å². The number of nitrogens with two attached hydrogens (primary N) is 1. The number of nitrogens with zero attached hydrogens (tertiary/aromatic N) is 1. The number of rotatable bonds is 4. The fourth-order valence-electron chi connectivity index (χ4n) is 2.26. The molecule has 2 aromatic carbocycles. The third-order valence-electron chi connectivity index (χ3n) is 3.48. The van der Waals surface area contributed by atoms with Gasteiger partial charge in [0.05, 0.1) is 21.2 Å². The molecule has 0 atom stereocenters. The summed E-state index contributed by atoms with van der Waals surface area (Å²) in [5, 5.41) is 2.51. The minimum Gasteiger partial charge on any atom is -0.382 e. The summed E-state index contributed by atoms with van der Waals surface area (Å²) in [7, 11) is 0. The fourth-order valence-corrected chi connectivity index (χ4v) is 3.77. The van der Waals surface area contributed by atoms with E-state index in [9.17, 15) is 18.0 Å². The number of carbonyl (C=O) groups excluding carboxylic acids is 1. The van der Waals surface area contributed by atoms with Crippen molar-refractivity contribution in [2.45, 2.75) is 6.18 Å². The number of thiazole rings is 1. The van der Waals surface area contributed by atoms with Crippen LogP contribution in [0.25, 0.3) is 0 Å². The van der Waals surface area contributed by atoms with Gasteiger partial charge in [0.1, 0.15) is 10.7 Å². The van der Waals surface area contributed by atoms with E-state index in [1.807, 2.05) is 18.2 Å². The second kappa shape index (κ2) is 7.38. The molecule has 0 fully saturated rings. The van der Waals surface area contributed by atoms with Crippen LogP contribution in [-0.2, 0) is 6.18 Å². The maximum absolute atomic E-state index is 12.8. The van der Waals surface area contributed by atoms with Crippen LogP contribution in [0.15, 0.2) is 42.5 Å². The Labute approximate surface area is 165 Å². The first-order chi connectivity index (χ1) is 12.7. The lowest BCUT2D eigenvalue weighted by molar-refractivity contribution is -0.137. The first-order valence-corrected chi connectivity index (χ1v) is 8.93. The van der Waals surface area contributed by atoms with Gasteiger partial charge in [-0.3, -0.25) is 4.79 Å². The van der Waals surface area contributed by atoms with Crippen LogP contribution in [0.1, 0.15) is 20.8 Å². The summed E-state index contributed by atoms with van der Waals surface area (Å²) in [6, 6.07) is 10.4. The molecule has 10 heteroatoms. The molecule has 0 bridgehead atoms. The average Bonchev–Trinajstić information content (AvgIpc) is 2.94. The molecule has 27 heavy (non-hydrogen) atoms. The number of benzene rings is 2. The van der Waals surface area contributed by atoms with Gasteiger partial charge in [-0.2, -0.15) is 13.2 Å². The van der Waals surface area contributed by atoms with Crippen LogP contribution in [0, 0.1) is 0 Å². The summed E-state index contributed by atoms with van der Waals surface area (Å²) in [6.07, 6.45) is -4.63. The molecule has 0 aliphatic rings. The molecule has 0 saturated heterocycles. The van der Waals surface area contributed by atoms with Gasteiger partial charge in [-0.15, -0.1) is 0 Å². The van der Waals surface area contributed by atoms with Crippen molar-refractivity contribution in [2.75, 3.05) is 11.1 Å². The first kappa shape index (κ1) is 19.5. The van der Waals surface area contributed by atoms with E-state index in [1.165, 1.54) is 0 Å². The number of aromatic nitrogens is 1. The van der Waals surface area contributed by atoms with Crippen molar-refractivity contribution >= 4 is 57.0 Å². The third-order valence-corrected chi connectivity index (χ3v) is 5.06. The molecule has 0 saturated carbocycles. The highest BCUT2D eigenvalue weighted by atomic mass is 35.5. The molecule has 140 valence electrons. The highest BCUT2D eigenvalue weighted by Gasteiger charge is 2.33. The number of nitrogen functional groups attached to an aromatic ring is 1. The lowest BCUT2D eigenvalue weighted by Crippen LogP contribution is -2.09. The zero-order valence-electron chi connectivity index (χ0n) is 13.3. The van der Waals surface area contributed by atoms with E-state index >= 15 is 0 Å². The Balaban J connectivity index is 1.95. The number of ketones is 1. The number of para-hydroxylation sites is 1. The third kappa shape index (κ3) is 4.18. The SMILES string of the molecule is Nc1nc(Nc2ccccc2)sc1C(=O)c1c(Cl)cc(C(F)(F)F)cc1Cl. The Morgan fingerprint density at radius 3 is 2.26 bits per heavy atom. The number of halogens is 5. The van der Waals surface area contributed by atoms with Gasteiger partial charge in [-0.25, -0.2) is 4.98 Å². The molecule has 4 nitrogen and oxygen atoms in total. The summed E-state index contributed by atoms with van der Waals surface area (Å²) in [6.45, 7) is 0. The van der Waals surface area contributed by atoms with E-state index in [0.29, 0.717) is 17.3 Å². The molecule has 0 aliphatic heterocycles. The number of anilines is 3. The average molecular weight is 432 g/mol. The monoisotopic (exact) mass is 431 g/mol. The number of hydrogen-bond donors (Lipinski definition) is 2. The molecule has 1 aromatic heterocycles. The quantitative estimate of drug-likeness (QED) is 0.495. The minimum absolute atomic E-state index is 0.0250. The van der Waals surface area contributed by atoms with Crippen LogP contribution in [0.5, 0.6) is 0 Å². The normalized spacial score (nSPS) is 11.4. The topological polar surface area (TPSA) is 68.0 Å². The van der Waals surface area contributed by atoms with Crippen LogP contribution in [-0.4, -0.2) is 10.8 Å². The molecular weight excluding hydrogens is 422 g/mol. The molecule has 3 rings (SSSR count). The predicted octanol–water partition coefficient (Wildman–Crippen LogP) is 6.03. The molecule has 0 amide bonds. The molecule has 0 unspecified atom stereocenters. The number of carbonyl (C=O) groups is 1. The van der Waals surface area contributed by atoms with Crippen molar-refractivity contribution < 1.29 is 18.0 Å². The fraction of sp³-hybridized carbons (Fsp3) is 0.0588. The van der Waals surface area contributed by atoms with Gasteiger partial charge in [0.2, 0.25) is 5.78 Å². The highest BCUT2D eigenvalue weighted by molar-refractivity contribution is 7.18. The zero-order valence-corrected chi connectivity index (χ0v) is 15.6. The lowest BCUT2D eigenvalue weighted by atomic mass is 10.1. The van der Waals surface area contributed by atoms with Gasteiger partial charge in [0, 0.05) is 5.69 Å².